The number of benzene rings is 4. The lowest BCUT2D eigenvalue weighted by molar-refractivity contribution is -0.118. The maximum atomic E-state index is 13.4. The van der Waals surface area contributed by atoms with Crippen molar-refractivity contribution in [1.82, 2.24) is 0 Å². The summed E-state index contributed by atoms with van der Waals surface area (Å²) in [5.74, 6) is 0.237. The van der Waals surface area contributed by atoms with E-state index >= 15 is 0 Å². The minimum Gasteiger partial charge on any atom is -0.307 e. The number of carbonyl (C=O) groups is 1. The third-order valence-corrected chi connectivity index (χ3v) is 5.65. The molecule has 1 amide bonds. The Labute approximate surface area is 165 Å². The molecule has 1 unspecified atom stereocenters. The van der Waals surface area contributed by atoms with Gasteiger partial charge in [-0.05, 0) is 28.1 Å². The highest BCUT2D eigenvalue weighted by molar-refractivity contribution is 6.07. The Morgan fingerprint density at radius 1 is 0.750 bits per heavy atom. The van der Waals surface area contributed by atoms with Crippen molar-refractivity contribution in [2.75, 3.05) is 4.90 Å². The summed E-state index contributed by atoms with van der Waals surface area (Å²) in [6.45, 7) is 0.592. The van der Waals surface area contributed by atoms with Crippen molar-refractivity contribution in [2.45, 2.75) is 18.9 Å². The predicted octanol–water partition coefficient (Wildman–Crippen LogP) is 5.91. The fourth-order valence-corrected chi connectivity index (χ4v) is 4.32. The Bertz CT molecular complexity index is 1130. The first-order chi connectivity index (χ1) is 13.8. The minimum atomic E-state index is 0.0688. The Morgan fingerprint density at radius 2 is 1.43 bits per heavy atom. The van der Waals surface area contributed by atoms with Crippen LogP contribution in [0.3, 0.4) is 0 Å². The van der Waals surface area contributed by atoms with E-state index in [0.29, 0.717) is 13.0 Å². The lowest BCUT2D eigenvalue weighted by Crippen LogP contribution is -2.30. The molecule has 0 saturated heterocycles. The van der Waals surface area contributed by atoms with Crippen LogP contribution in [0.15, 0.2) is 97.1 Å². The molecule has 0 bridgehead atoms. The van der Waals surface area contributed by atoms with Gasteiger partial charge in [-0.1, -0.05) is 91.0 Å². The molecule has 4 aromatic carbocycles. The van der Waals surface area contributed by atoms with Crippen LogP contribution in [0.4, 0.5) is 5.69 Å². The van der Waals surface area contributed by atoms with Gasteiger partial charge in [0.15, 0.2) is 0 Å². The molecule has 1 atom stereocenters. The van der Waals surface area contributed by atoms with Gasteiger partial charge >= 0.3 is 0 Å². The number of rotatable bonds is 3. The average molecular weight is 363 g/mol. The highest BCUT2D eigenvalue weighted by Gasteiger charge is 2.30. The summed E-state index contributed by atoms with van der Waals surface area (Å²) in [7, 11) is 0. The molecule has 136 valence electrons. The molecule has 5 rings (SSSR count). The molecule has 2 nitrogen and oxygen atoms in total. The van der Waals surface area contributed by atoms with Crippen molar-refractivity contribution in [1.29, 1.82) is 0 Å². The van der Waals surface area contributed by atoms with Gasteiger partial charge in [-0.25, -0.2) is 0 Å². The number of hydrogen-bond acceptors (Lipinski definition) is 1. The second kappa shape index (κ2) is 6.97. The van der Waals surface area contributed by atoms with Gasteiger partial charge in [-0.2, -0.15) is 0 Å². The molecule has 2 heteroatoms. The van der Waals surface area contributed by atoms with Crippen LogP contribution < -0.4 is 4.90 Å². The van der Waals surface area contributed by atoms with Gasteiger partial charge in [0.25, 0.3) is 0 Å². The van der Waals surface area contributed by atoms with E-state index < -0.39 is 0 Å². The Hall–Kier alpha value is -3.39. The molecular formula is C26H21NO. The third kappa shape index (κ3) is 2.87. The van der Waals surface area contributed by atoms with Crippen molar-refractivity contribution in [3.63, 3.8) is 0 Å². The van der Waals surface area contributed by atoms with E-state index in [2.05, 4.69) is 72.8 Å². The zero-order valence-electron chi connectivity index (χ0n) is 15.6. The zero-order chi connectivity index (χ0) is 18.9. The van der Waals surface area contributed by atoms with E-state index in [0.717, 1.165) is 11.3 Å². The number of amides is 1. The van der Waals surface area contributed by atoms with Crippen molar-refractivity contribution >= 4 is 22.4 Å². The summed E-state index contributed by atoms with van der Waals surface area (Å²) >= 11 is 0. The molecule has 0 saturated carbocycles. The molecule has 1 aliphatic heterocycles. The molecule has 0 fully saturated rings. The van der Waals surface area contributed by atoms with E-state index in [4.69, 9.17) is 0 Å². The Balaban J connectivity index is 1.71. The standard InChI is InChI=1S/C26H21NO/c28-25-17-23(20-11-5-2-6-12-20)22-15-7-13-21-14-8-16-24(26(21)22)27(25)18-19-9-3-1-4-10-19/h1-16,23H,17-18H2. The normalized spacial score (nSPS) is 16.2. The Kier molecular flexibility index (Phi) is 4.17. The van der Waals surface area contributed by atoms with Crippen molar-refractivity contribution in [2.24, 2.45) is 0 Å². The van der Waals surface area contributed by atoms with Gasteiger partial charge in [-0.15, -0.1) is 0 Å². The molecule has 0 radical (unpaired) electrons. The first-order valence-corrected chi connectivity index (χ1v) is 9.72. The van der Waals surface area contributed by atoms with Gasteiger partial charge in [0, 0.05) is 17.7 Å². The first-order valence-electron chi connectivity index (χ1n) is 9.72. The van der Waals surface area contributed by atoms with E-state index in [1.165, 1.54) is 21.9 Å². The summed E-state index contributed by atoms with van der Waals surface area (Å²) in [6, 6.07) is 33.3. The van der Waals surface area contributed by atoms with Gasteiger partial charge in [0.2, 0.25) is 5.91 Å². The van der Waals surface area contributed by atoms with Crippen LogP contribution in [0.5, 0.6) is 0 Å². The monoisotopic (exact) mass is 363 g/mol. The quantitative estimate of drug-likeness (QED) is 0.443. The molecular weight excluding hydrogens is 342 g/mol. The van der Waals surface area contributed by atoms with Gasteiger partial charge in [0.1, 0.15) is 0 Å². The lowest BCUT2D eigenvalue weighted by Gasteiger charge is -2.23. The van der Waals surface area contributed by atoms with Gasteiger partial charge < -0.3 is 4.90 Å². The van der Waals surface area contributed by atoms with Crippen LogP contribution in [0, 0.1) is 0 Å². The molecule has 4 aromatic rings. The second-order valence-electron chi connectivity index (χ2n) is 7.36. The minimum absolute atomic E-state index is 0.0688. The Morgan fingerprint density at radius 3 is 2.18 bits per heavy atom. The predicted molar refractivity (Wildman–Crippen MR) is 114 cm³/mol. The number of hydrogen-bond donors (Lipinski definition) is 0. The van der Waals surface area contributed by atoms with E-state index in [9.17, 15) is 4.79 Å². The lowest BCUT2D eigenvalue weighted by atomic mass is 9.86. The van der Waals surface area contributed by atoms with Crippen molar-refractivity contribution < 1.29 is 4.79 Å². The highest BCUT2D eigenvalue weighted by Crippen LogP contribution is 2.42. The van der Waals surface area contributed by atoms with E-state index in [-0.39, 0.29) is 11.8 Å². The fourth-order valence-electron chi connectivity index (χ4n) is 4.32. The summed E-state index contributed by atoms with van der Waals surface area (Å²) in [4.78, 5) is 15.4. The second-order valence-corrected chi connectivity index (χ2v) is 7.36. The molecule has 28 heavy (non-hydrogen) atoms. The molecule has 0 aromatic heterocycles. The fraction of sp³-hybridized carbons (Fsp3) is 0.115. The number of carbonyl (C=O) groups excluding carboxylic acids is 1. The SMILES string of the molecule is O=C1CC(c2ccccc2)c2cccc3cccc(c23)N1Cc1ccccc1. The third-order valence-electron chi connectivity index (χ3n) is 5.65. The van der Waals surface area contributed by atoms with Crippen LogP contribution in [-0.2, 0) is 11.3 Å². The largest absolute Gasteiger partial charge is 0.307 e. The summed E-state index contributed by atoms with van der Waals surface area (Å²) in [6.07, 6.45) is 0.477. The molecule has 0 aliphatic carbocycles. The van der Waals surface area contributed by atoms with Crippen LogP contribution >= 0.6 is 0 Å². The van der Waals surface area contributed by atoms with Crippen molar-refractivity contribution in [3.8, 4) is 0 Å². The summed E-state index contributed by atoms with van der Waals surface area (Å²) in [5.41, 5.74) is 4.59. The van der Waals surface area contributed by atoms with Crippen LogP contribution in [0.1, 0.15) is 29.0 Å². The molecule has 1 heterocycles. The smallest absolute Gasteiger partial charge is 0.228 e. The first kappa shape index (κ1) is 16.8. The zero-order valence-corrected chi connectivity index (χ0v) is 15.6. The van der Waals surface area contributed by atoms with Crippen molar-refractivity contribution in [3.05, 3.63) is 114 Å². The molecule has 0 N–H and O–H groups in total. The van der Waals surface area contributed by atoms with Gasteiger partial charge in [0.05, 0.1) is 12.2 Å². The van der Waals surface area contributed by atoms with E-state index in [1.807, 2.05) is 29.2 Å². The average Bonchev–Trinajstić information content (AvgIpc) is 2.87. The maximum absolute atomic E-state index is 13.4. The van der Waals surface area contributed by atoms with E-state index in [1.54, 1.807) is 0 Å². The topological polar surface area (TPSA) is 20.3 Å². The van der Waals surface area contributed by atoms with Gasteiger partial charge in [-0.3, -0.25) is 4.79 Å². The maximum Gasteiger partial charge on any atom is 0.228 e. The molecule has 1 aliphatic rings. The molecule has 0 spiro atoms. The van der Waals surface area contributed by atoms with Crippen LogP contribution in [0.2, 0.25) is 0 Å². The number of nitrogens with zero attached hydrogens (tertiary/aromatic N) is 1. The summed E-state index contributed by atoms with van der Waals surface area (Å²) in [5, 5.41) is 2.38. The van der Waals surface area contributed by atoms with Crippen LogP contribution in [0.25, 0.3) is 10.8 Å². The highest BCUT2D eigenvalue weighted by atomic mass is 16.2. The number of anilines is 1. The summed E-state index contributed by atoms with van der Waals surface area (Å²) < 4.78 is 0. The van der Waals surface area contributed by atoms with Crippen LogP contribution in [-0.4, -0.2) is 5.91 Å².